The van der Waals surface area contributed by atoms with Crippen molar-refractivity contribution < 1.29 is 39.0 Å². The van der Waals surface area contributed by atoms with E-state index in [4.69, 9.17) is 23.7 Å². The fourth-order valence-corrected chi connectivity index (χ4v) is 4.80. The van der Waals surface area contributed by atoms with E-state index in [0.717, 1.165) is 0 Å². The van der Waals surface area contributed by atoms with E-state index in [0.29, 0.717) is 25.0 Å². The maximum Gasteiger partial charge on any atom is 0.156 e. The Labute approximate surface area is 175 Å². The van der Waals surface area contributed by atoms with Gasteiger partial charge in [0.25, 0.3) is 0 Å². The van der Waals surface area contributed by atoms with Gasteiger partial charge in [-0.3, -0.25) is 0 Å². The molecule has 2 saturated heterocycles. The lowest BCUT2D eigenvalue weighted by molar-refractivity contribution is -0.279. The van der Waals surface area contributed by atoms with Crippen LogP contribution in [0.3, 0.4) is 0 Å². The van der Waals surface area contributed by atoms with Crippen LogP contribution in [-0.2, 0) is 23.7 Å². The molecule has 5 rings (SSSR count). The van der Waals surface area contributed by atoms with Crippen LogP contribution in [0.15, 0.2) is 48.5 Å². The second kappa shape index (κ2) is 8.45. The molecular weight excluding hydrogens is 392 g/mol. The molecule has 5 heterocycles. The maximum atomic E-state index is 10.9. The molecule has 3 N–H and O–H groups in total. The van der Waals surface area contributed by atoms with E-state index >= 15 is 0 Å². The van der Waals surface area contributed by atoms with Crippen LogP contribution in [-0.4, -0.2) is 83.0 Å². The fraction of sp³-hybridized carbons (Fsp3) is 0.636. The van der Waals surface area contributed by atoms with E-state index < -0.39 is 30.5 Å². The van der Waals surface area contributed by atoms with Gasteiger partial charge in [-0.2, -0.15) is 0 Å². The van der Waals surface area contributed by atoms with Crippen molar-refractivity contribution in [1.82, 2.24) is 0 Å². The first-order valence-electron chi connectivity index (χ1n) is 10.6. The van der Waals surface area contributed by atoms with E-state index in [2.05, 4.69) is 0 Å². The van der Waals surface area contributed by atoms with Gasteiger partial charge < -0.3 is 39.0 Å². The van der Waals surface area contributed by atoms with Crippen molar-refractivity contribution in [1.29, 1.82) is 0 Å². The average molecular weight is 420 g/mol. The van der Waals surface area contributed by atoms with Crippen LogP contribution in [0.25, 0.3) is 0 Å². The van der Waals surface area contributed by atoms with Gasteiger partial charge in [-0.15, -0.1) is 0 Å². The predicted molar refractivity (Wildman–Crippen MR) is 104 cm³/mol. The number of fused-ring (bicyclic) bond motifs is 4. The Morgan fingerprint density at radius 3 is 2.70 bits per heavy atom. The fourth-order valence-electron chi connectivity index (χ4n) is 4.80. The molecule has 8 heteroatoms. The molecule has 0 aromatic heterocycles. The van der Waals surface area contributed by atoms with Gasteiger partial charge in [0.2, 0.25) is 0 Å². The lowest BCUT2D eigenvalue weighted by atomic mass is 9.87. The number of allylic oxidation sites excluding steroid dienone is 2. The molecule has 164 valence electrons. The maximum absolute atomic E-state index is 10.9. The minimum Gasteiger partial charge on any atom is -0.492 e. The summed E-state index contributed by atoms with van der Waals surface area (Å²) in [5.41, 5.74) is 0. The Morgan fingerprint density at radius 1 is 0.933 bits per heavy atom. The standard InChI is InChI=1S/C22H28O8/c23-11-19-12(24)4-3-6-13-14(28-19)7-8-15-17(27-13)10-18-22(30-15)20(25)21-16(29-18)5-1-2-9-26-21/h1-5,7,9,12-13,15-25H,6,8,10-11H2/b4-3-/t12-,13+,15+,16-,17-,18+,19+,20+,21-,22+/m0/s1. The van der Waals surface area contributed by atoms with Crippen LogP contribution in [0, 0.1) is 0 Å². The SMILES string of the molecule is OC[C@H]1OC2=CC[C@H]3O[C@H]4[C@H](O)[C@H]5OC=CC=C[C@@H]5O[C@@H]4C[C@@H]3O[C@@H]2C/C=C\[C@@H]1O. The van der Waals surface area contributed by atoms with E-state index in [9.17, 15) is 15.3 Å². The summed E-state index contributed by atoms with van der Waals surface area (Å²) in [6.07, 6.45) is 9.22. The zero-order valence-corrected chi connectivity index (χ0v) is 16.5. The van der Waals surface area contributed by atoms with Gasteiger partial charge >= 0.3 is 0 Å². The summed E-state index contributed by atoms with van der Waals surface area (Å²) in [5, 5.41) is 30.6. The first-order valence-corrected chi connectivity index (χ1v) is 10.6. The molecule has 0 spiro atoms. The van der Waals surface area contributed by atoms with E-state index in [1.165, 1.54) is 0 Å². The van der Waals surface area contributed by atoms with Crippen molar-refractivity contribution in [2.45, 2.75) is 80.3 Å². The monoisotopic (exact) mass is 420 g/mol. The van der Waals surface area contributed by atoms with Crippen LogP contribution in [0.1, 0.15) is 19.3 Å². The van der Waals surface area contributed by atoms with Gasteiger partial charge in [0, 0.05) is 6.42 Å². The predicted octanol–water partition coefficient (Wildman–Crippen LogP) is 0.481. The van der Waals surface area contributed by atoms with Crippen LogP contribution in [0.2, 0.25) is 0 Å². The van der Waals surface area contributed by atoms with Gasteiger partial charge in [-0.1, -0.05) is 24.3 Å². The first-order chi connectivity index (χ1) is 14.6. The summed E-state index contributed by atoms with van der Waals surface area (Å²) in [7, 11) is 0. The topological polar surface area (TPSA) is 107 Å². The Balaban J connectivity index is 1.35. The molecule has 5 aliphatic rings. The smallest absolute Gasteiger partial charge is 0.156 e. The minimum atomic E-state index is -0.875. The highest BCUT2D eigenvalue weighted by molar-refractivity contribution is 5.15. The van der Waals surface area contributed by atoms with Crippen molar-refractivity contribution in [3.63, 3.8) is 0 Å². The third-order valence-corrected chi connectivity index (χ3v) is 6.37. The second-order valence-electron chi connectivity index (χ2n) is 8.32. The first kappa shape index (κ1) is 20.2. The second-order valence-corrected chi connectivity index (χ2v) is 8.32. The van der Waals surface area contributed by atoms with E-state index in [1.54, 1.807) is 18.4 Å². The Morgan fingerprint density at radius 2 is 1.83 bits per heavy atom. The van der Waals surface area contributed by atoms with Crippen LogP contribution in [0.4, 0.5) is 0 Å². The minimum absolute atomic E-state index is 0.225. The molecular formula is C22H28O8. The van der Waals surface area contributed by atoms with Gasteiger partial charge in [0.1, 0.15) is 36.3 Å². The van der Waals surface area contributed by atoms with Crippen molar-refractivity contribution in [2.75, 3.05) is 6.61 Å². The summed E-state index contributed by atoms with van der Waals surface area (Å²) in [5.74, 6) is 0.599. The highest BCUT2D eigenvalue weighted by Crippen LogP contribution is 2.39. The van der Waals surface area contributed by atoms with Crippen molar-refractivity contribution >= 4 is 0 Å². The summed E-state index contributed by atoms with van der Waals surface area (Å²) in [6.45, 7) is -0.298. The number of aliphatic hydroxyl groups is 3. The van der Waals surface area contributed by atoms with Crippen molar-refractivity contribution in [3.8, 4) is 0 Å². The highest BCUT2D eigenvalue weighted by atomic mass is 16.6. The van der Waals surface area contributed by atoms with Crippen LogP contribution in [0.5, 0.6) is 0 Å². The number of ether oxygens (including phenoxy) is 5. The van der Waals surface area contributed by atoms with Gasteiger partial charge in [0.05, 0.1) is 31.2 Å². The number of rotatable bonds is 1. The Bertz CT molecular complexity index is 745. The summed E-state index contributed by atoms with van der Waals surface area (Å²) in [6, 6.07) is 0. The third-order valence-electron chi connectivity index (χ3n) is 6.37. The number of aliphatic hydroxyl groups excluding tert-OH is 3. The van der Waals surface area contributed by atoms with E-state index in [-0.39, 0.29) is 37.1 Å². The van der Waals surface area contributed by atoms with Gasteiger partial charge in [-0.25, -0.2) is 0 Å². The zero-order chi connectivity index (χ0) is 20.7. The van der Waals surface area contributed by atoms with Gasteiger partial charge in [0.15, 0.2) is 12.2 Å². The van der Waals surface area contributed by atoms with Gasteiger partial charge in [-0.05, 0) is 25.0 Å². The normalized spacial score (nSPS) is 48.6. The zero-order valence-electron chi connectivity index (χ0n) is 16.5. The van der Waals surface area contributed by atoms with Crippen LogP contribution < -0.4 is 0 Å². The quantitative estimate of drug-likeness (QED) is 0.526. The molecule has 10 atom stereocenters. The molecule has 0 radical (unpaired) electrons. The van der Waals surface area contributed by atoms with Crippen LogP contribution >= 0.6 is 0 Å². The average Bonchev–Trinajstić information content (AvgIpc) is 3.06. The Hall–Kier alpha value is -1.68. The highest BCUT2D eigenvalue weighted by Gasteiger charge is 2.52. The molecule has 2 fully saturated rings. The number of hydrogen-bond donors (Lipinski definition) is 3. The largest absolute Gasteiger partial charge is 0.492 e. The molecule has 0 bridgehead atoms. The molecule has 0 amide bonds. The molecule has 8 nitrogen and oxygen atoms in total. The lowest BCUT2D eigenvalue weighted by Gasteiger charge is -2.49. The molecule has 0 aliphatic carbocycles. The molecule has 0 saturated carbocycles. The molecule has 5 aliphatic heterocycles. The molecule has 0 unspecified atom stereocenters. The van der Waals surface area contributed by atoms with Crippen molar-refractivity contribution in [2.24, 2.45) is 0 Å². The number of hydrogen-bond acceptors (Lipinski definition) is 8. The summed E-state index contributed by atoms with van der Waals surface area (Å²) in [4.78, 5) is 0. The third kappa shape index (κ3) is 3.72. The molecule has 0 aromatic rings. The van der Waals surface area contributed by atoms with Crippen molar-refractivity contribution in [3.05, 3.63) is 48.5 Å². The molecule has 0 aromatic carbocycles. The summed E-state index contributed by atoms with van der Waals surface area (Å²) < 4.78 is 30.4. The van der Waals surface area contributed by atoms with E-state index in [1.807, 2.05) is 24.3 Å². The summed E-state index contributed by atoms with van der Waals surface area (Å²) >= 11 is 0. The molecule has 30 heavy (non-hydrogen) atoms. The lowest BCUT2D eigenvalue weighted by Crippen LogP contribution is -2.63. The Kier molecular flexibility index (Phi) is 5.70.